The number of rotatable bonds is 6. The minimum atomic E-state index is -1.81. The van der Waals surface area contributed by atoms with Gasteiger partial charge in [0.1, 0.15) is 82.3 Å². The van der Waals surface area contributed by atoms with Crippen LogP contribution in [0.5, 0.6) is 51.7 Å². The summed E-state index contributed by atoms with van der Waals surface area (Å²) in [5, 5.41) is 121. The summed E-state index contributed by atoms with van der Waals surface area (Å²) < 4.78 is 19.0. The molecule has 0 bridgehead atoms. The molecule has 11 N–H and O–H groups in total. The molecule has 318 valence electrons. The Morgan fingerprint density at radius 2 is 0.968 bits per heavy atom. The molecule has 6 aromatic carbocycles. The Kier molecular flexibility index (Phi) is 9.39. The van der Waals surface area contributed by atoms with Crippen molar-refractivity contribution in [3.05, 3.63) is 159 Å². The van der Waals surface area contributed by atoms with Crippen LogP contribution < -0.4 is 9.47 Å². The van der Waals surface area contributed by atoms with Crippen LogP contribution in [0.15, 0.2) is 109 Å². The molecule has 4 aliphatic rings. The molecule has 0 saturated carbocycles. The zero-order valence-corrected chi connectivity index (χ0v) is 32.6. The fraction of sp³-hybridized carbons (Fsp3) is 0.250. The second-order valence-corrected chi connectivity index (χ2v) is 16.5. The third-order valence-electron chi connectivity index (χ3n) is 13.0. The third-order valence-corrected chi connectivity index (χ3v) is 13.0. The molecule has 14 heteroatoms. The van der Waals surface area contributed by atoms with E-state index in [0.717, 1.165) is 0 Å². The smallest absolute Gasteiger partial charge is 0.229 e. The van der Waals surface area contributed by atoms with E-state index in [-0.39, 0.29) is 46.0 Å². The van der Waals surface area contributed by atoms with Gasteiger partial charge in [-0.1, -0.05) is 36.4 Å². The average Bonchev–Trinajstić information content (AvgIpc) is 3.78. The van der Waals surface area contributed by atoms with Gasteiger partial charge in [-0.25, -0.2) is 0 Å². The maximum atomic E-state index is 12.3. The largest absolute Gasteiger partial charge is 0.508 e. The molecular formula is C48H42O14. The van der Waals surface area contributed by atoms with Crippen molar-refractivity contribution >= 4 is 0 Å². The summed E-state index contributed by atoms with van der Waals surface area (Å²) in [5.41, 5.74) is 4.96. The van der Waals surface area contributed by atoms with Crippen molar-refractivity contribution in [2.24, 2.45) is 0 Å². The number of aliphatic hydroxyl groups excluding tert-OH is 4. The number of phenols is 7. The first-order valence-corrected chi connectivity index (χ1v) is 20.1. The zero-order chi connectivity index (χ0) is 43.3. The second-order valence-electron chi connectivity index (χ2n) is 16.5. The van der Waals surface area contributed by atoms with Crippen LogP contribution in [0, 0.1) is 0 Å². The lowest BCUT2D eigenvalue weighted by Gasteiger charge is -2.40. The van der Waals surface area contributed by atoms with E-state index in [2.05, 4.69) is 0 Å². The van der Waals surface area contributed by atoms with E-state index in [9.17, 15) is 56.2 Å². The Labute approximate surface area is 353 Å². The lowest BCUT2D eigenvalue weighted by atomic mass is 9.63. The van der Waals surface area contributed by atoms with E-state index in [4.69, 9.17) is 14.2 Å². The van der Waals surface area contributed by atoms with Gasteiger partial charge in [0.15, 0.2) is 0 Å². The number of phenolic OH excluding ortho intramolecular Hbond substituents is 7. The molecule has 62 heavy (non-hydrogen) atoms. The predicted octanol–water partition coefficient (Wildman–Crippen LogP) is 5.23. The summed E-state index contributed by atoms with van der Waals surface area (Å²) in [6, 6.07) is 28.3. The monoisotopic (exact) mass is 842 g/mol. The van der Waals surface area contributed by atoms with E-state index in [1.165, 1.54) is 54.6 Å². The van der Waals surface area contributed by atoms with Crippen molar-refractivity contribution in [1.29, 1.82) is 0 Å². The van der Waals surface area contributed by atoms with Gasteiger partial charge >= 0.3 is 0 Å². The van der Waals surface area contributed by atoms with Gasteiger partial charge in [0, 0.05) is 58.6 Å². The number of fused-ring (bicyclic) bond motifs is 6. The van der Waals surface area contributed by atoms with Gasteiger partial charge in [0.2, 0.25) is 6.29 Å². The Balaban J connectivity index is 1.30. The van der Waals surface area contributed by atoms with Gasteiger partial charge in [-0.2, -0.15) is 0 Å². The molecule has 1 saturated heterocycles. The molecular weight excluding hydrogens is 801 g/mol. The maximum Gasteiger partial charge on any atom is 0.229 e. The van der Waals surface area contributed by atoms with Crippen molar-refractivity contribution in [1.82, 2.24) is 0 Å². The summed E-state index contributed by atoms with van der Waals surface area (Å²) >= 11 is 0. The summed E-state index contributed by atoms with van der Waals surface area (Å²) in [5.74, 6) is -4.49. The van der Waals surface area contributed by atoms with Crippen LogP contribution in [0.4, 0.5) is 0 Å². The molecule has 0 aromatic heterocycles. The third kappa shape index (κ3) is 6.21. The first-order valence-electron chi connectivity index (χ1n) is 20.1. The topological polar surface area (TPSA) is 250 Å². The Bertz CT molecular complexity index is 2680. The molecule has 10 rings (SSSR count). The standard InChI is InChI=1S/C48H42O14/c49-19-35-44(57)45(58)46(59)48(62-35)61-34-18-28(55)14-30-39(34)37(21-3-9-24(51)10-4-21)42-31-15-27(54)17-33-40(31)43(47(60-33)22-5-11-25(52)12-6-22)29-13-26(53)16-32(56)38(29)36(41(30)42)20-1-7-23(50)8-2-20/h1-18,35-37,41-59H,19H2/t35-,36+,37-,41-,42+,43?,44-,45+,46-,47-,48-/m1/s1. The summed E-state index contributed by atoms with van der Waals surface area (Å²) in [7, 11) is 0. The zero-order valence-electron chi connectivity index (χ0n) is 32.6. The number of aromatic hydroxyl groups is 7. The Morgan fingerprint density at radius 3 is 1.55 bits per heavy atom. The quantitative estimate of drug-likeness (QED) is 0.103. The SMILES string of the molecule is OC[C@H]1O[C@@H](Oc2cc(O)cc3c2[C@@H](c2ccc(O)cc2)[C@@H]2c4cc(O)cc5c4C(c4cc(O)cc(O)c4[C@H](c4ccc(O)cc4)[C@@H]32)[C@@H](c2ccc(O)cc2)O5)[C@H](O)[C@@H](O)[C@@H]1O. The van der Waals surface area contributed by atoms with E-state index in [0.29, 0.717) is 55.8 Å². The highest BCUT2D eigenvalue weighted by molar-refractivity contribution is 5.70. The van der Waals surface area contributed by atoms with Crippen molar-refractivity contribution in [2.75, 3.05) is 6.61 Å². The number of hydrogen-bond acceptors (Lipinski definition) is 14. The average molecular weight is 843 g/mol. The molecule has 0 amide bonds. The Morgan fingerprint density at radius 1 is 0.468 bits per heavy atom. The highest BCUT2D eigenvalue weighted by Crippen LogP contribution is 2.69. The van der Waals surface area contributed by atoms with Crippen LogP contribution in [0.2, 0.25) is 0 Å². The van der Waals surface area contributed by atoms with E-state index in [1.807, 2.05) is 0 Å². The molecule has 11 atom stereocenters. The van der Waals surface area contributed by atoms with Crippen molar-refractivity contribution in [3.63, 3.8) is 0 Å². The molecule has 2 aliphatic heterocycles. The van der Waals surface area contributed by atoms with Gasteiger partial charge < -0.3 is 70.4 Å². The van der Waals surface area contributed by atoms with Gasteiger partial charge in [0.05, 0.1) is 12.5 Å². The number of aliphatic hydroxyl groups is 4. The first kappa shape index (κ1) is 39.5. The van der Waals surface area contributed by atoms with Crippen molar-refractivity contribution in [3.8, 4) is 51.7 Å². The number of ether oxygens (including phenoxy) is 3. The molecule has 1 unspecified atom stereocenters. The van der Waals surface area contributed by atoms with E-state index in [1.54, 1.807) is 54.6 Å². The van der Waals surface area contributed by atoms with Gasteiger partial charge in [-0.15, -0.1) is 0 Å². The van der Waals surface area contributed by atoms with Gasteiger partial charge in [-0.3, -0.25) is 0 Å². The number of benzene rings is 6. The van der Waals surface area contributed by atoms with Gasteiger partial charge in [0.25, 0.3) is 0 Å². The molecule has 1 fully saturated rings. The normalized spacial score (nSPS) is 28.1. The van der Waals surface area contributed by atoms with Crippen molar-refractivity contribution < 1.29 is 70.4 Å². The van der Waals surface area contributed by atoms with Crippen LogP contribution in [0.25, 0.3) is 0 Å². The fourth-order valence-corrected chi connectivity index (χ4v) is 10.4. The number of hydrogen-bond donors (Lipinski definition) is 11. The molecule has 0 spiro atoms. The van der Waals surface area contributed by atoms with Crippen LogP contribution in [-0.2, 0) is 4.74 Å². The van der Waals surface area contributed by atoms with E-state index >= 15 is 0 Å². The lowest BCUT2D eigenvalue weighted by molar-refractivity contribution is -0.277. The highest BCUT2D eigenvalue weighted by atomic mass is 16.7. The van der Waals surface area contributed by atoms with Crippen LogP contribution >= 0.6 is 0 Å². The molecule has 6 aromatic rings. The van der Waals surface area contributed by atoms with Crippen LogP contribution in [-0.4, -0.2) is 93.5 Å². The molecule has 2 heterocycles. The van der Waals surface area contributed by atoms with Crippen molar-refractivity contribution in [2.45, 2.75) is 66.4 Å². The highest BCUT2D eigenvalue weighted by Gasteiger charge is 2.55. The predicted molar refractivity (Wildman–Crippen MR) is 219 cm³/mol. The fourth-order valence-electron chi connectivity index (χ4n) is 10.4. The summed E-state index contributed by atoms with van der Waals surface area (Å²) in [4.78, 5) is 0. The minimum Gasteiger partial charge on any atom is -0.508 e. The molecule has 2 aliphatic carbocycles. The molecule has 0 radical (unpaired) electrons. The minimum absolute atomic E-state index is 0.000303. The van der Waals surface area contributed by atoms with Crippen LogP contribution in [0.3, 0.4) is 0 Å². The maximum absolute atomic E-state index is 12.3. The first-order chi connectivity index (χ1) is 29.8. The van der Waals surface area contributed by atoms with Crippen LogP contribution in [0.1, 0.15) is 85.8 Å². The van der Waals surface area contributed by atoms with E-state index < -0.39 is 73.0 Å². The molecule has 14 nitrogen and oxygen atoms in total. The summed E-state index contributed by atoms with van der Waals surface area (Å²) in [6.45, 7) is -0.715. The lowest BCUT2D eigenvalue weighted by Crippen LogP contribution is -2.60. The van der Waals surface area contributed by atoms with Gasteiger partial charge in [-0.05, 0) is 88.0 Å². The summed E-state index contributed by atoms with van der Waals surface area (Å²) in [6.07, 6.45) is -9.03. The second kappa shape index (κ2) is 14.8. The Hall–Kier alpha value is -6.68.